The van der Waals surface area contributed by atoms with Gasteiger partial charge in [0.1, 0.15) is 0 Å². The molecule has 0 aliphatic heterocycles. The third kappa shape index (κ3) is 2.73. The maximum Gasteiger partial charge on any atom is 0.319 e. The predicted molar refractivity (Wildman–Crippen MR) is 54.0 cm³/mol. The molecule has 1 saturated carbocycles. The number of pyridine rings is 1. The highest BCUT2D eigenvalue weighted by atomic mass is 16.2. The molecule has 0 spiro atoms. The lowest BCUT2D eigenvalue weighted by molar-refractivity contribution is 0.251. The number of hydrogen-bond acceptors (Lipinski definition) is 2. The molecule has 1 heterocycles. The number of nitrogens with zero attached hydrogens (tertiary/aromatic N) is 1. The van der Waals surface area contributed by atoms with Crippen LogP contribution in [0.1, 0.15) is 12.8 Å². The molecule has 4 nitrogen and oxygen atoms in total. The van der Waals surface area contributed by atoms with Crippen LogP contribution in [-0.4, -0.2) is 17.6 Å². The molecule has 4 heteroatoms. The summed E-state index contributed by atoms with van der Waals surface area (Å²) in [7, 11) is 0. The van der Waals surface area contributed by atoms with Crippen LogP contribution in [0.25, 0.3) is 0 Å². The zero-order valence-corrected chi connectivity index (χ0v) is 7.86. The molecule has 74 valence electrons. The fraction of sp³-hybridized carbons (Fsp3) is 0.400. The number of hydrogen-bond donors (Lipinski definition) is 2. The van der Waals surface area contributed by atoms with E-state index >= 15 is 0 Å². The van der Waals surface area contributed by atoms with Gasteiger partial charge in [0.15, 0.2) is 0 Å². The first-order valence-corrected chi connectivity index (χ1v) is 4.79. The Bertz CT molecular complexity index is 308. The molecule has 0 bridgehead atoms. The quantitative estimate of drug-likeness (QED) is 0.762. The first kappa shape index (κ1) is 8.99. The molecular weight excluding hydrogens is 178 g/mol. The summed E-state index contributed by atoms with van der Waals surface area (Å²) in [6.45, 7) is 0.784. The van der Waals surface area contributed by atoms with Crippen molar-refractivity contribution in [2.75, 3.05) is 11.9 Å². The Morgan fingerprint density at radius 1 is 1.57 bits per heavy atom. The molecule has 1 aliphatic carbocycles. The minimum absolute atomic E-state index is 0.148. The molecule has 0 radical (unpaired) electrons. The monoisotopic (exact) mass is 191 g/mol. The first-order valence-electron chi connectivity index (χ1n) is 4.79. The van der Waals surface area contributed by atoms with E-state index in [0.29, 0.717) is 5.92 Å². The number of carbonyl (C=O) groups excluding carboxylic acids is 1. The van der Waals surface area contributed by atoms with Crippen LogP contribution in [0.2, 0.25) is 0 Å². The molecule has 0 saturated heterocycles. The summed E-state index contributed by atoms with van der Waals surface area (Å²) in [4.78, 5) is 15.2. The molecular formula is C10H13N3O. The molecule has 0 atom stereocenters. The lowest BCUT2D eigenvalue weighted by Crippen LogP contribution is -2.30. The molecule has 0 aromatic carbocycles. The highest BCUT2D eigenvalue weighted by Gasteiger charge is 2.21. The van der Waals surface area contributed by atoms with Gasteiger partial charge in [0.05, 0.1) is 11.9 Å². The molecule has 0 unspecified atom stereocenters. The van der Waals surface area contributed by atoms with Crippen molar-refractivity contribution >= 4 is 11.7 Å². The van der Waals surface area contributed by atoms with E-state index in [9.17, 15) is 4.79 Å². The SMILES string of the molecule is O=C(NCC1CC1)Nc1cccnc1. The lowest BCUT2D eigenvalue weighted by atomic mass is 10.4. The molecule has 1 aromatic rings. The molecule has 1 aromatic heterocycles. The average Bonchev–Trinajstić information content (AvgIpc) is 3.00. The van der Waals surface area contributed by atoms with Crippen LogP contribution < -0.4 is 10.6 Å². The normalized spacial score (nSPS) is 14.9. The summed E-state index contributed by atoms with van der Waals surface area (Å²) in [5.41, 5.74) is 0.723. The Labute approximate surface area is 82.7 Å². The van der Waals surface area contributed by atoms with Gasteiger partial charge < -0.3 is 10.6 Å². The second-order valence-electron chi connectivity index (χ2n) is 3.52. The maximum atomic E-state index is 11.3. The number of rotatable bonds is 3. The van der Waals surface area contributed by atoms with Crippen molar-refractivity contribution in [2.24, 2.45) is 5.92 Å². The highest BCUT2D eigenvalue weighted by Crippen LogP contribution is 2.27. The lowest BCUT2D eigenvalue weighted by Gasteiger charge is -2.05. The molecule has 1 fully saturated rings. The van der Waals surface area contributed by atoms with Crippen LogP contribution in [0.5, 0.6) is 0 Å². The van der Waals surface area contributed by atoms with Crippen molar-refractivity contribution in [1.29, 1.82) is 0 Å². The van der Waals surface area contributed by atoms with Crippen molar-refractivity contribution < 1.29 is 4.79 Å². The summed E-state index contributed by atoms with van der Waals surface area (Å²) in [5.74, 6) is 0.703. The zero-order valence-electron chi connectivity index (χ0n) is 7.86. The molecule has 2 N–H and O–H groups in total. The van der Waals surface area contributed by atoms with E-state index < -0.39 is 0 Å². The highest BCUT2D eigenvalue weighted by molar-refractivity contribution is 5.88. The molecule has 14 heavy (non-hydrogen) atoms. The van der Waals surface area contributed by atoms with E-state index in [1.807, 2.05) is 6.07 Å². The van der Waals surface area contributed by atoms with Gasteiger partial charge >= 0.3 is 6.03 Å². The van der Waals surface area contributed by atoms with Gasteiger partial charge in [-0.2, -0.15) is 0 Å². The average molecular weight is 191 g/mol. The number of amides is 2. The topological polar surface area (TPSA) is 54.0 Å². The smallest absolute Gasteiger partial charge is 0.319 e. The van der Waals surface area contributed by atoms with E-state index in [-0.39, 0.29) is 6.03 Å². The van der Waals surface area contributed by atoms with Crippen molar-refractivity contribution in [1.82, 2.24) is 10.3 Å². The fourth-order valence-electron chi connectivity index (χ4n) is 1.17. The van der Waals surface area contributed by atoms with Crippen molar-refractivity contribution in [3.63, 3.8) is 0 Å². The third-order valence-corrected chi connectivity index (χ3v) is 2.17. The minimum Gasteiger partial charge on any atom is -0.338 e. The summed E-state index contributed by atoms with van der Waals surface area (Å²) in [5, 5.41) is 5.53. The summed E-state index contributed by atoms with van der Waals surface area (Å²) in [6.07, 6.45) is 5.78. The summed E-state index contributed by atoms with van der Waals surface area (Å²) >= 11 is 0. The summed E-state index contributed by atoms with van der Waals surface area (Å²) < 4.78 is 0. The van der Waals surface area contributed by atoms with Crippen molar-refractivity contribution in [2.45, 2.75) is 12.8 Å². The van der Waals surface area contributed by atoms with E-state index in [2.05, 4.69) is 15.6 Å². The molecule has 2 rings (SSSR count). The van der Waals surface area contributed by atoms with Crippen LogP contribution in [0.4, 0.5) is 10.5 Å². The van der Waals surface area contributed by atoms with Gasteiger partial charge in [-0.05, 0) is 30.9 Å². The van der Waals surface area contributed by atoms with E-state index in [1.165, 1.54) is 12.8 Å². The standard InChI is InChI=1S/C10H13N3O/c14-10(12-6-8-3-4-8)13-9-2-1-5-11-7-9/h1-2,5,7-8H,3-4,6H2,(H2,12,13,14). The number of anilines is 1. The fourth-order valence-corrected chi connectivity index (χ4v) is 1.17. The first-order chi connectivity index (χ1) is 6.84. The van der Waals surface area contributed by atoms with Gasteiger partial charge in [0.2, 0.25) is 0 Å². The number of aromatic nitrogens is 1. The molecule has 1 aliphatic rings. The van der Waals surface area contributed by atoms with Gasteiger partial charge in [-0.25, -0.2) is 4.79 Å². The van der Waals surface area contributed by atoms with Gasteiger partial charge in [-0.3, -0.25) is 4.98 Å². The summed E-state index contributed by atoms with van der Waals surface area (Å²) in [6, 6.07) is 3.45. The van der Waals surface area contributed by atoms with Crippen LogP contribution in [0.3, 0.4) is 0 Å². The Morgan fingerprint density at radius 3 is 3.07 bits per heavy atom. The Kier molecular flexibility index (Phi) is 2.62. The van der Waals surface area contributed by atoms with Crippen LogP contribution in [0, 0.1) is 5.92 Å². The van der Waals surface area contributed by atoms with E-state index in [4.69, 9.17) is 0 Å². The minimum atomic E-state index is -0.148. The van der Waals surface area contributed by atoms with Gasteiger partial charge in [-0.15, -0.1) is 0 Å². The molecule has 2 amide bonds. The van der Waals surface area contributed by atoms with Crippen LogP contribution in [0.15, 0.2) is 24.5 Å². The Balaban J connectivity index is 1.76. The van der Waals surface area contributed by atoms with Crippen LogP contribution >= 0.6 is 0 Å². The van der Waals surface area contributed by atoms with Crippen molar-refractivity contribution in [3.05, 3.63) is 24.5 Å². The number of nitrogens with one attached hydrogen (secondary N) is 2. The second-order valence-corrected chi connectivity index (χ2v) is 3.52. The van der Waals surface area contributed by atoms with Crippen molar-refractivity contribution in [3.8, 4) is 0 Å². The predicted octanol–water partition coefficient (Wildman–Crippen LogP) is 1.61. The number of urea groups is 1. The largest absolute Gasteiger partial charge is 0.338 e. The number of carbonyl (C=O) groups is 1. The van der Waals surface area contributed by atoms with E-state index in [1.54, 1.807) is 18.5 Å². The van der Waals surface area contributed by atoms with Gasteiger partial charge in [-0.1, -0.05) is 0 Å². The van der Waals surface area contributed by atoms with Gasteiger partial charge in [0.25, 0.3) is 0 Å². The Morgan fingerprint density at radius 2 is 2.43 bits per heavy atom. The van der Waals surface area contributed by atoms with Gasteiger partial charge in [0, 0.05) is 12.7 Å². The second kappa shape index (κ2) is 4.09. The maximum absolute atomic E-state index is 11.3. The Hall–Kier alpha value is -1.58. The zero-order chi connectivity index (χ0) is 9.80. The third-order valence-electron chi connectivity index (χ3n) is 2.17. The van der Waals surface area contributed by atoms with E-state index in [0.717, 1.165) is 12.2 Å². The van der Waals surface area contributed by atoms with Crippen LogP contribution in [-0.2, 0) is 0 Å².